The monoisotopic (exact) mass is 649 g/mol. The number of rotatable bonds is 10. The molecule has 3 aromatic carbocycles. The van der Waals surface area contributed by atoms with E-state index in [9.17, 15) is 12.8 Å². The summed E-state index contributed by atoms with van der Waals surface area (Å²) in [5.74, 6) is -0.588. The number of aromatic nitrogens is 6. The minimum atomic E-state index is -3.21. The van der Waals surface area contributed by atoms with E-state index in [-0.39, 0.29) is 12.2 Å². The third-order valence-electron chi connectivity index (χ3n) is 7.90. The van der Waals surface area contributed by atoms with Gasteiger partial charge in [-0.3, -0.25) is 10.1 Å². The van der Waals surface area contributed by atoms with Crippen molar-refractivity contribution in [1.82, 2.24) is 35.5 Å². The van der Waals surface area contributed by atoms with Gasteiger partial charge in [-0.1, -0.05) is 36.4 Å². The third kappa shape index (κ3) is 6.64. The summed E-state index contributed by atoms with van der Waals surface area (Å²) in [4.78, 5) is 16.7. The molecule has 0 amide bonds. The largest absolute Gasteiger partial charge is 0.335 e. The number of pyridine rings is 2. The van der Waals surface area contributed by atoms with E-state index in [1.807, 2.05) is 24.3 Å². The summed E-state index contributed by atoms with van der Waals surface area (Å²) in [6, 6.07) is 21.3. The zero-order valence-electron chi connectivity index (χ0n) is 25.3. The van der Waals surface area contributed by atoms with Crippen LogP contribution in [0.2, 0.25) is 0 Å². The molecule has 0 aliphatic carbocycles. The van der Waals surface area contributed by atoms with Crippen LogP contribution in [0, 0.1) is 11.6 Å². The summed E-state index contributed by atoms with van der Waals surface area (Å²) in [5.41, 5.74) is 6.73. The highest BCUT2D eigenvalue weighted by atomic mass is 32.2. The standard InChI is InChI=1S/C35H29F2N7O2S/c1-47(45,46)10-8-22-11-24(14-26(36)13-22)27-7-9-40-34-32(27)41-35(42-34)33-29-15-28(30(37)16-31(29)43-44-33)25-12-23(19-39-20-25)18-38-17-21-5-3-2-4-6-21/h2-7,9,11-16,19-20,38H,8,10,17-18H2,1H3,(H,43,44)(H,40,41,42). The van der Waals surface area contributed by atoms with E-state index in [2.05, 4.69) is 47.6 Å². The molecule has 0 saturated carbocycles. The molecule has 0 radical (unpaired) electrons. The Morgan fingerprint density at radius 1 is 0.851 bits per heavy atom. The first-order valence-corrected chi connectivity index (χ1v) is 17.0. The molecule has 0 bridgehead atoms. The fourth-order valence-corrected chi connectivity index (χ4v) is 6.24. The lowest BCUT2D eigenvalue weighted by molar-refractivity contribution is 0.600. The molecular weight excluding hydrogens is 620 g/mol. The van der Waals surface area contributed by atoms with Gasteiger partial charge in [0, 0.05) is 66.1 Å². The topological polar surface area (TPSA) is 129 Å². The summed E-state index contributed by atoms with van der Waals surface area (Å²) < 4.78 is 53.5. The molecule has 4 heterocycles. The van der Waals surface area contributed by atoms with Crippen LogP contribution in [0.5, 0.6) is 0 Å². The van der Waals surface area contributed by atoms with Gasteiger partial charge in [0.05, 0.1) is 16.8 Å². The summed E-state index contributed by atoms with van der Waals surface area (Å²) in [5, 5.41) is 11.4. The smallest absolute Gasteiger partial charge is 0.178 e. The van der Waals surface area contributed by atoms with Gasteiger partial charge in [0.1, 0.15) is 27.2 Å². The van der Waals surface area contributed by atoms with Crippen molar-refractivity contribution in [2.24, 2.45) is 0 Å². The Morgan fingerprint density at radius 3 is 2.49 bits per heavy atom. The number of aromatic amines is 2. The molecule has 3 N–H and O–H groups in total. The van der Waals surface area contributed by atoms with E-state index >= 15 is 4.39 Å². The second-order valence-electron chi connectivity index (χ2n) is 11.5. The highest BCUT2D eigenvalue weighted by Gasteiger charge is 2.19. The van der Waals surface area contributed by atoms with Crippen LogP contribution < -0.4 is 5.32 Å². The van der Waals surface area contributed by atoms with E-state index < -0.39 is 21.5 Å². The maximum Gasteiger partial charge on any atom is 0.178 e. The first-order valence-electron chi connectivity index (χ1n) is 14.9. The number of H-pyrrole nitrogens is 2. The molecule has 0 aliphatic heterocycles. The molecule has 0 fully saturated rings. The van der Waals surface area contributed by atoms with Gasteiger partial charge in [0.2, 0.25) is 0 Å². The van der Waals surface area contributed by atoms with Crippen LogP contribution in [0.4, 0.5) is 8.78 Å². The quantitative estimate of drug-likeness (QED) is 0.157. The predicted octanol–water partition coefficient (Wildman–Crippen LogP) is 6.39. The predicted molar refractivity (Wildman–Crippen MR) is 178 cm³/mol. The second-order valence-corrected chi connectivity index (χ2v) is 13.8. The molecular formula is C35H29F2N7O2S. The van der Waals surface area contributed by atoms with Crippen molar-refractivity contribution in [1.29, 1.82) is 0 Å². The molecule has 236 valence electrons. The number of imidazole rings is 1. The lowest BCUT2D eigenvalue weighted by atomic mass is 10.0. The Morgan fingerprint density at radius 2 is 1.66 bits per heavy atom. The summed E-state index contributed by atoms with van der Waals surface area (Å²) >= 11 is 0. The average Bonchev–Trinajstić information content (AvgIpc) is 3.67. The molecule has 0 spiro atoms. The Balaban J connectivity index is 1.21. The molecule has 7 rings (SSSR count). The first kappa shape index (κ1) is 30.3. The second kappa shape index (κ2) is 12.5. The van der Waals surface area contributed by atoms with Crippen molar-refractivity contribution >= 4 is 31.9 Å². The zero-order chi connectivity index (χ0) is 32.5. The first-order chi connectivity index (χ1) is 22.7. The van der Waals surface area contributed by atoms with Crippen LogP contribution in [-0.2, 0) is 29.3 Å². The van der Waals surface area contributed by atoms with Gasteiger partial charge in [0.25, 0.3) is 0 Å². The molecule has 47 heavy (non-hydrogen) atoms. The highest BCUT2D eigenvalue weighted by molar-refractivity contribution is 7.90. The van der Waals surface area contributed by atoms with Crippen molar-refractivity contribution in [3.63, 3.8) is 0 Å². The number of nitrogens with zero attached hydrogens (tertiary/aromatic N) is 4. The molecule has 12 heteroatoms. The number of sulfone groups is 1. The number of fused-ring (bicyclic) bond motifs is 2. The summed E-state index contributed by atoms with van der Waals surface area (Å²) in [6.07, 6.45) is 6.31. The molecule has 9 nitrogen and oxygen atoms in total. The summed E-state index contributed by atoms with van der Waals surface area (Å²) in [7, 11) is -3.21. The van der Waals surface area contributed by atoms with Gasteiger partial charge >= 0.3 is 0 Å². The van der Waals surface area contributed by atoms with E-state index in [1.54, 1.807) is 36.8 Å². The van der Waals surface area contributed by atoms with Crippen molar-refractivity contribution < 1.29 is 17.2 Å². The van der Waals surface area contributed by atoms with Crippen molar-refractivity contribution in [2.45, 2.75) is 19.5 Å². The molecule has 4 aromatic heterocycles. The molecule has 0 atom stereocenters. The Labute approximate surface area is 269 Å². The molecule has 0 unspecified atom stereocenters. The van der Waals surface area contributed by atoms with Gasteiger partial charge in [-0.25, -0.2) is 27.2 Å². The van der Waals surface area contributed by atoms with Crippen molar-refractivity contribution in [3.8, 4) is 33.8 Å². The minimum Gasteiger partial charge on any atom is -0.335 e. The van der Waals surface area contributed by atoms with E-state index in [0.29, 0.717) is 74.5 Å². The molecule has 0 saturated heterocycles. The fraction of sp³-hybridized carbons (Fsp3) is 0.143. The number of hydrogen-bond acceptors (Lipinski definition) is 7. The lowest BCUT2D eigenvalue weighted by Crippen LogP contribution is -2.12. The van der Waals surface area contributed by atoms with E-state index in [1.165, 1.54) is 23.8 Å². The number of hydrogen-bond donors (Lipinski definition) is 3. The maximum atomic E-state index is 15.4. The maximum absolute atomic E-state index is 15.4. The highest BCUT2D eigenvalue weighted by Crippen LogP contribution is 2.34. The van der Waals surface area contributed by atoms with Crippen molar-refractivity contribution in [3.05, 3.63) is 120 Å². The normalized spacial score (nSPS) is 11.9. The fourth-order valence-electron chi connectivity index (χ4n) is 5.64. The SMILES string of the molecule is CS(=O)(=O)CCc1cc(F)cc(-c2ccnc3nc(-c4n[nH]c5cc(F)c(-c6cncc(CNCc7ccccc7)c6)cc45)[nH]c23)c1. The van der Waals surface area contributed by atoms with Gasteiger partial charge in [-0.05, 0) is 59.0 Å². The Kier molecular flexibility index (Phi) is 8.04. The van der Waals surface area contributed by atoms with Gasteiger partial charge < -0.3 is 10.3 Å². The summed E-state index contributed by atoms with van der Waals surface area (Å²) in [6.45, 7) is 1.26. The van der Waals surface area contributed by atoms with Crippen LogP contribution in [0.15, 0.2) is 91.4 Å². The van der Waals surface area contributed by atoms with Crippen LogP contribution in [0.1, 0.15) is 16.7 Å². The van der Waals surface area contributed by atoms with Crippen molar-refractivity contribution in [2.75, 3.05) is 12.0 Å². The van der Waals surface area contributed by atoms with Gasteiger partial charge in [0.15, 0.2) is 11.5 Å². The van der Waals surface area contributed by atoms with E-state index in [0.717, 1.165) is 11.8 Å². The Bertz CT molecular complexity index is 2360. The number of halogens is 2. The van der Waals surface area contributed by atoms with Crippen LogP contribution in [0.3, 0.4) is 0 Å². The van der Waals surface area contributed by atoms with Gasteiger partial charge in [-0.15, -0.1) is 0 Å². The zero-order valence-corrected chi connectivity index (χ0v) is 26.1. The minimum absolute atomic E-state index is 0.0871. The Hall–Kier alpha value is -5.33. The number of benzene rings is 3. The average molecular weight is 650 g/mol. The lowest BCUT2D eigenvalue weighted by Gasteiger charge is -2.08. The van der Waals surface area contributed by atoms with Crippen LogP contribution >= 0.6 is 0 Å². The van der Waals surface area contributed by atoms with E-state index in [4.69, 9.17) is 0 Å². The van der Waals surface area contributed by atoms with Crippen LogP contribution in [-0.4, -0.2) is 50.6 Å². The number of nitrogens with one attached hydrogen (secondary N) is 3. The third-order valence-corrected chi connectivity index (χ3v) is 8.85. The molecule has 7 aromatic rings. The van der Waals surface area contributed by atoms with Crippen LogP contribution in [0.25, 0.3) is 55.8 Å². The van der Waals surface area contributed by atoms with Gasteiger partial charge in [-0.2, -0.15) is 5.10 Å². The number of aryl methyl sites for hydroxylation is 1. The molecule has 0 aliphatic rings.